The maximum atomic E-state index is 4.26. The molecule has 0 saturated carbocycles. The van der Waals surface area contributed by atoms with Crippen molar-refractivity contribution in [2.45, 2.75) is 40.2 Å². The molecule has 0 aliphatic carbocycles. The molecule has 1 nitrogen and oxygen atoms in total. The molecule has 0 radical (unpaired) electrons. The second-order valence-corrected chi connectivity index (χ2v) is 6.95. The predicted molar refractivity (Wildman–Crippen MR) is 116 cm³/mol. The highest BCUT2D eigenvalue weighted by Crippen LogP contribution is 2.25. The summed E-state index contributed by atoms with van der Waals surface area (Å²) in [7, 11) is 1.98. The first-order valence-corrected chi connectivity index (χ1v) is 9.32. The normalized spacial score (nSPS) is 11.1. The van der Waals surface area contributed by atoms with Gasteiger partial charge in [-0.05, 0) is 72.7 Å². The average molecular weight is 346 g/mol. The summed E-state index contributed by atoms with van der Waals surface area (Å²) < 4.78 is 0. The second-order valence-electron chi connectivity index (χ2n) is 6.95. The van der Waals surface area contributed by atoms with E-state index < -0.39 is 0 Å². The van der Waals surface area contributed by atoms with Gasteiger partial charge in [0.1, 0.15) is 0 Å². The van der Waals surface area contributed by atoms with Crippen molar-refractivity contribution in [3.8, 4) is 0 Å². The van der Waals surface area contributed by atoms with Crippen LogP contribution in [0.1, 0.15) is 46.7 Å². The quantitative estimate of drug-likeness (QED) is 0.557. The number of rotatable bonds is 8. The lowest BCUT2D eigenvalue weighted by Crippen LogP contribution is -2.07. The lowest BCUT2D eigenvalue weighted by atomic mass is 9.94. The molecule has 2 rings (SSSR count). The zero-order valence-corrected chi connectivity index (χ0v) is 16.7. The smallest absolute Gasteiger partial charge is 0.0205 e. The van der Waals surface area contributed by atoms with E-state index in [2.05, 4.69) is 87.8 Å². The van der Waals surface area contributed by atoms with Crippen molar-refractivity contribution >= 4 is 11.6 Å². The van der Waals surface area contributed by atoms with Crippen LogP contribution in [0.15, 0.2) is 61.2 Å². The van der Waals surface area contributed by atoms with E-state index in [1.165, 1.54) is 39.0 Å². The summed E-state index contributed by atoms with van der Waals surface area (Å²) in [5.74, 6) is 0. The Bertz CT molecular complexity index is 824. The van der Waals surface area contributed by atoms with Crippen molar-refractivity contribution in [1.82, 2.24) is 5.32 Å². The van der Waals surface area contributed by atoms with Gasteiger partial charge in [-0.15, -0.1) is 0 Å². The zero-order chi connectivity index (χ0) is 19.1. The number of allylic oxidation sites excluding steroid dienone is 3. The van der Waals surface area contributed by atoms with Crippen LogP contribution in [-0.2, 0) is 13.0 Å². The molecule has 2 aromatic rings. The Morgan fingerprint density at radius 3 is 2.54 bits per heavy atom. The van der Waals surface area contributed by atoms with Gasteiger partial charge in [0.15, 0.2) is 0 Å². The summed E-state index contributed by atoms with van der Waals surface area (Å²) in [5.41, 5.74) is 10.0. The van der Waals surface area contributed by atoms with Crippen LogP contribution in [0.5, 0.6) is 0 Å². The lowest BCUT2D eigenvalue weighted by molar-refractivity contribution is 0.810. The van der Waals surface area contributed by atoms with Gasteiger partial charge in [-0.1, -0.05) is 74.2 Å². The van der Waals surface area contributed by atoms with Gasteiger partial charge in [-0.2, -0.15) is 0 Å². The Morgan fingerprint density at radius 1 is 1.08 bits per heavy atom. The highest BCUT2D eigenvalue weighted by atomic mass is 14.8. The topological polar surface area (TPSA) is 12.0 Å². The molecule has 0 spiro atoms. The zero-order valence-electron chi connectivity index (χ0n) is 16.7. The largest absolute Gasteiger partial charge is 0.316 e. The monoisotopic (exact) mass is 345 g/mol. The van der Waals surface area contributed by atoms with Crippen LogP contribution < -0.4 is 5.32 Å². The fourth-order valence-electron chi connectivity index (χ4n) is 3.14. The van der Waals surface area contributed by atoms with Crippen molar-refractivity contribution in [3.63, 3.8) is 0 Å². The van der Waals surface area contributed by atoms with E-state index in [9.17, 15) is 0 Å². The summed E-state index contributed by atoms with van der Waals surface area (Å²) in [4.78, 5) is 0. The molecule has 2 aromatic carbocycles. The van der Waals surface area contributed by atoms with Gasteiger partial charge in [0, 0.05) is 6.54 Å². The second kappa shape index (κ2) is 9.35. The van der Waals surface area contributed by atoms with Crippen molar-refractivity contribution < 1.29 is 0 Å². The first-order chi connectivity index (χ1) is 12.5. The molecule has 0 aliphatic heterocycles. The van der Waals surface area contributed by atoms with Gasteiger partial charge in [0.25, 0.3) is 0 Å². The molecule has 1 N–H and O–H groups in total. The molecule has 0 amide bonds. The minimum Gasteiger partial charge on any atom is -0.316 e. The van der Waals surface area contributed by atoms with Gasteiger partial charge in [0.05, 0.1) is 0 Å². The van der Waals surface area contributed by atoms with Crippen molar-refractivity contribution in [2.75, 3.05) is 7.05 Å². The summed E-state index contributed by atoms with van der Waals surface area (Å²) in [6, 6.07) is 13.1. The Balaban J connectivity index is 2.18. The lowest BCUT2D eigenvalue weighted by Gasteiger charge is -2.11. The van der Waals surface area contributed by atoms with Crippen LogP contribution in [0, 0.1) is 13.8 Å². The van der Waals surface area contributed by atoms with Gasteiger partial charge >= 0.3 is 0 Å². The van der Waals surface area contributed by atoms with Crippen molar-refractivity contribution in [3.05, 3.63) is 94.6 Å². The number of hydrogen-bond acceptors (Lipinski definition) is 1. The van der Waals surface area contributed by atoms with Crippen LogP contribution in [0.4, 0.5) is 0 Å². The van der Waals surface area contributed by atoms with E-state index in [1.54, 1.807) is 0 Å². The van der Waals surface area contributed by atoms with E-state index in [0.717, 1.165) is 25.0 Å². The van der Waals surface area contributed by atoms with E-state index in [0.29, 0.717) is 0 Å². The molecule has 136 valence electrons. The third-order valence-electron chi connectivity index (χ3n) is 4.83. The highest BCUT2D eigenvalue weighted by molar-refractivity contribution is 5.75. The van der Waals surface area contributed by atoms with Crippen LogP contribution in [0.25, 0.3) is 11.6 Å². The first-order valence-electron chi connectivity index (χ1n) is 9.32. The number of hydrogen-bond donors (Lipinski definition) is 1. The molecule has 0 atom stereocenters. The third kappa shape index (κ3) is 5.06. The fraction of sp³-hybridized carbons (Fsp3) is 0.280. The molecule has 0 saturated heterocycles. The fourth-order valence-corrected chi connectivity index (χ4v) is 3.14. The number of nitrogens with one attached hydrogen (secondary N) is 1. The summed E-state index contributed by atoms with van der Waals surface area (Å²) >= 11 is 0. The maximum Gasteiger partial charge on any atom is 0.0205 e. The molecule has 0 unspecified atom stereocenters. The molecule has 0 bridgehead atoms. The van der Waals surface area contributed by atoms with E-state index in [4.69, 9.17) is 0 Å². The Labute approximate surface area is 159 Å². The van der Waals surface area contributed by atoms with Crippen molar-refractivity contribution in [1.29, 1.82) is 0 Å². The van der Waals surface area contributed by atoms with Gasteiger partial charge in [-0.25, -0.2) is 0 Å². The maximum absolute atomic E-state index is 4.26. The van der Waals surface area contributed by atoms with E-state index >= 15 is 0 Å². The van der Waals surface area contributed by atoms with Crippen LogP contribution >= 0.6 is 0 Å². The molecule has 0 heterocycles. The predicted octanol–water partition coefficient (Wildman–Crippen LogP) is 6.26. The third-order valence-corrected chi connectivity index (χ3v) is 4.83. The molecule has 26 heavy (non-hydrogen) atoms. The van der Waals surface area contributed by atoms with Crippen LogP contribution in [-0.4, -0.2) is 7.05 Å². The van der Waals surface area contributed by atoms with Crippen molar-refractivity contribution in [2.24, 2.45) is 0 Å². The SMILES string of the molecule is C=C(/C=C\c1c(C)cccc1C(=C)CC)Cc1ccc(C)c(CNC)c1. The first kappa shape index (κ1) is 19.9. The molecule has 0 aliphatic rings. The van der Waals surface area contributed by atoms with Crippen LogP contribution in [0.2, 0.25) is 0 Å². The average Bonchev–Trinajstić information content (AvgIpc) is 2.63. The Kier molecular flexibility index (Phi) is 7.17. The number of benzene rings is 2. The highest BCUT2D eigenvalue weighted by Gasteiger charge is 2.05. The number of aryl methyl sites for hydroxylation is 2. The standard InChI is InChI=1S/C25H31N/c1-7-19(3)24-10-8-9-21(5)25(24)14-11-18(2)15-22-13-12-20(4)23(16-22)17-26-6/h8-14,16,26H,2-3,7,15,17H2,1,4-6H3/b14-11-. The van der Waals surface area contributed by atoms with Gasteiger partial charge in [0.2, 0.25) is 0 Å². The van der Waals surface area contributed by atoms with Gasteiger partial charge < -0.3 is 5.32 Å². The summed E-state index contributed by atoms with van der Waals surface area (Å²) in [6.45, 7) is 15.8. The molecular weight excluding hydrogens is 314 g/mol. The molecule has 0 fully saturated rings. The van der Waals surface area contributed by atoms with Crippen LogP contribution in [0.3, 0.4) is 0 Å². The van der Waals surface area contributed by atoms with E-state index in [-0.39, 0.29) is 0 Å². The van der Waals surface area contributed by atoms with E-state index in [1.807, 2.05) is 7.05 Å². The summed E-state index contributed by atoms with van der Waals surface area (Å²) in [6.07, 6.45) is 6.16. The Morgan fingerprint density at radius 2 is 1.85 bits per heavy atom. The molecular formula is C25H31N. The Hall–Kier alpha value is -2.38. The summed E-state index contributed by atoms with van der Waals surface area (Å²) in [5, 5.41) is 3.24. The molecule has 1 heteroatoms. The molecule has 0 aromatic heterocycles. The minimum atomic E-state index is 0.865. The minimum absolute atomic E-state index is 0.865. The van der Waals surface area contributed by atoms with Gasteiger partial charge in [-0.3, -0.25) is 0 Å².